The Morgan fingerprint density at radius 3 is 3.08 bits per heavy atom. The molecule has 1 aliphatic rings. The van der Waals surface area contributed by atoms with Crippen LogP contribution in [0.1, 0.15) is 11.3 Å². The number of fused-ring (bicyclic) bond motifs is 1. The van der Waals surface area contributed by atoms with E-state index in [-0.39, 0.29) is 0 Å². The van der Waals surface area contributed by atoms with Crippen molar-refractivity contribution in [1.82, 2.24) is 9.97 Å². The van der Waals surface area contributed by atoms with E-state index in [1.165, 1.54) is 11.8 Å². The van der Waals surface area contributed by atoms with Crippen LogP contribution < -0.4 is 0 Å². The fraction of sp³-hybridized carbons (Fsp3) is 0.222. The van der Waals surface area contributed by atoms with Gasteiger partial charge in [-0.1, -0.05) is 11.8 Å². The maximum absolute atomic E-state index is 7.49. The molecule has 0 aliphatic heterocycles. The number of rotatable bonds is 1. The van der Waals surface area contributed by atoms with Gasteiger partial charge in [-0.3, -0.25) is 0 Å². The fourth-order valence-corrected chi connectivity index (χ4v) is 1.58. The zero-order valence-corrected chi connectivity index (χ0v) is 8.06. The summed E-state index contributed by atoms with van der Waals surface area (Å²) in [4.78, 5) is 8.51. The van der Waals surface area contributed by atoms with E-state index in [9.17, 15) is 0 Å². The molecule has 1 aromatic heterocycles. The number of nitrogens with one attached hydrogen (secondary N) is 1. The molecule has 1 aromatic rings. The highest BCUT2D eigenvalue weighted by atomic mass is 32.2. The van der Waals surface area contributed by atoms with Gasteiger partial charge in [0.05, 0.1) is 5.69 Å². The van der Waals surface area contributed by atoms with E-state index in [0.717, 1.165) is 16.4 Å². The van der Waals surface area contributed by atoms with Gasteiger partial charge in [-0.2, -0.15) is 0 Å². The van der Waals surface area contributed by atoms with Gasteiger partial charge >= 0.3 is 0 Å². The molecule has 0 radical (unpaired) electrons. The summed E-state index contributed by atoms with van der Waals surface area (Å²) in [5.41, 5.74) is 2.61. The predicted molar refractivity (Wildman–Crippen MR) is 54.3 cm³/mol. The second kappa shape index (κ2) is 3.30. The molecule has 4 heteroatoms. The molecule has 66 valence electrons. The summed E-state index contributed by atoms with van der Waals surface area (Å²) < 4.78 is 0. The third kappa shape index (κ3) is 1.62. The van der Waals surface area contributed by atoms with Crippen LogP contribution in [0.2, 0.25) is 0 Å². The van der Waals surface area contributed by atoms with Crippen molar-refractivity contribution >= 4 is 23.5 Å². The van der Waals surface area contributed by atoms with Gasteiger partial charge < -0.3 is 5.41 Å². The van der Waals surface area contributed by atoms with E-state index in [1.807, 2.05) is 18.5 Å². The molecule has 0 fully saturated rings. The summed E-state index contributed by atoms with van der Waals surface area (Å²) in [6, 6.07) is 0. The Morgan fingerprint density at radius 1 is 1.46 bits per heavy atom. The number of aromatic nitrogens is 2. The molecule has 13 heavy (non-hydrogen) atoms. The number of allylic oxidation sites excluding steroid dienone is 1. The molecule has 0 amide bonds. The molecule has 1 N–H and O–H groups in total. The van der Waals surface area contributed by atoms with Gasteiger partial charge in [0.25, 0.3) is 0 Å². The summed E-state index contributed by atoms with van der Waals surface area (Å²) in [5, 5.41) is 8.27. The molecule has 0 unspecified atom stereocenters. The van der Waals surface area contributed by atoms with Gasteiger partial charge in [0.2, 0.25) is 0 Å². The van der Waals surface area contributed by atoms with Gasteiger partial charge in [0.1, 0.15) is 0 Å². The largest absolute Gasteiger partial charge is 0.305 e. The van der Waals surface area contributed by atoms with Crippen LogP contribution in [0.3, 0.4) is 0 Å². The highest BCUT2D eigenvalue weighted by Crippen LogP contribution is 2.17. The number of thioether (sulfide) groups is 1. The number of hydrogen-bond donors (Lipinski definition) is 1. The third-order valence-electron chi connectivity index (χ3n) is 1.88. The Bertz CT molecular complexity index is 384. The molecular formula is C9H9N3S. The summed E-state index contributed by atoms with van der Waals surface area (Å²) in [6.07, 6.45) is 8.08. The molecule has 0 saturated heterocycles. The second-order valence-electron chi connectivity index (χ2n) is 2.79. The van der Waals surface area contributed by atoms with E-state index in [4.69, 9.17) is 5.41 Å². The van der Waals surface area contributed by atoms with Crippen molar-refractivity contribution in [1.29, 1.82) is 5.41 Å². The van der Waals surface area contributed by atoms with Crippen molar-refractivity contribution in [2.75, 3.05) is 6.26 Å². The second-order valence-corrected chi connectivity index (χ2v) is 3.57. The van der Waals surface area contributed by atoms with Crippen molar-refractivity contribution in [2.45, 2.75) is 11.6 Å². The normalized spacial score (nSPS) is 14.4. The Kier molecular flexibility index (Phi) is 2.14. The lowest BCUT2D eigenvalue weighted by atomic mass is 10.0. The van der Waals surface area contributed by atoms with E-state index in [2.05, 4.69) is 9.97 Å². The summed E-state index contributed by atoms with van der Waals surface area (Å²) >= 11 is 1.53. The highest BCUT2D eigenvalue weighted by molar-refractivity contribution is 7.98. The van der Waals surface area contributed by atoms with Crippen LogP contribution in [-0.2, 0) is 6.42 Å². The summed E-state index contributed by atoms with van der Waals surface area (Å²) in [5.74, 6) is 0. The van der Waals surface area contributed by atoms with Crippen LogP contribution in [0.4, 0.5) is 0 Å². The minimum Gasteiger partial charge on any atom is -0.305 e. The minimum atomic E-state index is 0.609. The van der Waals surface area contributed by atoms with Crippen LogP contribution in [0.5, 0.6) is 0 Å². The minimum absolute atomic E-state index is 0.609. The van der Waals surface area contributed by atoms with Crippen LogP contribution in [0.25, 0.3) is 6.08 Å². The first-order valence-electron chi connectivity index (χ1n) is 3.95. The molecular weight excluding hydrogens is 182 g/mol. The SMILES string of the molecule is CSc1ncc2c(n1)CC(=N)C=C2. The zero-order valence-electron chi connectivity index (χ0n) is 7.24. The molecule has 3 nitrogen and oxygen atoms in total. The molecule has 0 atom stereocenters. The van der Waals surface area contributed by atoms with Crippen molar-refractivity contribution in [2.24, 2.45) is 0 Å². The molecule has 0 aromatic carbocycles. The van der Waals surface area contributed by atoms with Gasteiger partial charge in [-0.05, 0) is 18.4 Å². The predicted octanol–water partition coefficient (Wildman–Crippen LogP) is 1.79. The lowest BCUT2D eigenvalue weighted by molar-refractivity contribution is 0.911. The average molecular weight is 191 g/mol. The van der Waals surface area contributed by atoms with Gasteiger partial charge in [0.15, 0.2) is 5.16 Å². The molecule has 2 rings (SSSR count). The van der Waals surface area contributed by atoms with Gasteiger partial charge in [0, 0.05) is 23.9 Å². The van der Waals surface area contributed by atoms with Crippen molar-refractivity contribution in [3.63, 3.8) is 0 Å². The Labute approximate surface area is 80.8 Å². The first kappa shape index (κ1) is 8.44. The van der Waals surface area contributed by atoms with E-state index in [1.54, 1.807) is 6.08 Å². The zero-order chi connectivity index (χ0) is 9.26. The lowest BCUT2D eigenvalue weighted by Gasteiger charge is -2.09. The monoisotopic (exact) mass is 191 g/mol. The van der Waals surface area contributed by atoms with E-state index >= 15 is 0 Å². The highest BCUT2D eigenvalue weighted by Gasteiger charge is 2.10. The maximum atomic E-state index is 7.49. The van der Waals surface area contributed by atoms with Crippen LogP contribution >= 0.6 is 11.8 Å². The quantitative estimate of drug-likeness (QED) is 0.544. The molecule has 0 bridgehead atoms. The first-order chi connectivity index (χ1) is 6.29. The Morgan fingerprint density at radius 2 is 2.31 bits per heavy atom. The van der Waals surface area contributed by atoms with Crippen molar-refractivity contribution in [3.8, 4) is 0 Å². The third-order valence-corrected chi connectivity index (χ3v) is 2.44. The molecule has 1 aliphatic carbocycles. The van der Waals surface area contributed by atoms with Gasteiger partial charge in [-0.25, -0.2) is 9.97 Å². The fourth-order valence-electron chi connectivity index (χ4n) is 1.22. The van der Waals surface area contributed by atoms with Crippen LogP contribution in [0.15, 0.2) is 17.4 Å². The van der Waals surface area contributed by atoms with E-state index in [0.29, 0.717) is 12.1 Å². The summed E-state index contributed by atoms with van der Waals surface area (Å²) in [6.45, 7) is 0. The Balaban J connectivity index is 2.46. The standard InChI is InChI=1S/C9H9N3S/c1-13-9-11-5-6-2-3-7(10)4-8(6)12-9/h2-3,5,10H,4H2,1H3. The van der Waals surface area contributed by atoms with Crippen LogP contribution in [0, 0.1) is 5.41 Å². The molecule has 0 saturated carbocycles. The van der Waals surface area contributed by atoms with Gasteiger partial charge in [-0.15, -0.1) is 0 Å². The number of nitrogens with zero attached hydrogens (tertiary/aromatic N) is 2. The van der Waals surface area contributed by atoms with E-state index < -0.39 is 0 Å². The lowest BCUT2D eigenvalue weighted by Crippen LogP contribution is -2.08. The average Bonchev–Trinajstić information content (AvgIpc) is 2.16. The molecule has 0 spiro atoms. The maximum Gasteiger partial charge on any atom is 0.187 e. The van der Waals surface area contributed by atoms with Crippen molar-refractivity contribution < 1.29 is 0 Å². The molecule has 1 heterocycles. The van der Waals surface area contributed by atoms with Crippen molar-refractivity contribution in [3.05, 3.63) is 23.5 Å². The topological polar surface area (TPSA) is 49.6 Å². The first-order valence-corrected chi connectivity index (χ1v) is 5.17. The van der Waals surface area contributed by atoms with Crippen LogP contribution in [-0.4, -0.2) is 21.9 Å². The Hall–Kier alpha value is -1.16. The summed E-state index contributed by atoms with van der Waals surface area (Å²) in [7, 11) is 0. The number of hydrogen-bond acceptors (Lipinski definition) is 4. The smallest absolute Gasteiger partial charge is 0.187 e.